The van der Waals surface area contributed by atoms with Crippen LogP contribution in [0.5, 0.6) is 0 Å². The molecule has 3 heteroatoms. The summed E-state index contributed by atoms with van der Waals surface area (Å²) in [6.07, 6.45) is 8.30. The minimum Gasteiger partial charge on any atom is -0.498 e. The first-order valence-electron chi connectivity index (χ1n) is 4.08. The fourth-order valence-corrected chi connectivity index (χ4v) is 1.51. The molecule has 1 aliphatic carbocycles. The summed E-state index contributed by atoms with van der Waals surface area (Å²) in [4.78, 5) is 10.9. The SMILES string of the molecule is COC1=CCOC12C=CC(=O)C=C2. The van der Waals surface area contributed by atoms with E-state index < -0.39 is 5.60 Å². The molecule has 0 atom stereocenters. The topological polar surface area (TPSA) is 35.5 Å². The lowest BCUT2D eigenvalue weighted by Crippen LogP contribution is -2.29. The van der Waals surface area contributed by atoms with Gasteiger partial charge in [-0.15, -0.1) is 0 Å². The smallest absolute Gasteiger partial charge is 0.178 e. The second kappa shape index (κ2) is 2.85. The van der Waals surface area contributed by atoms with Crippen molar-refractivity contribution in [2.24, 2.45) is 0 Å². The summed E-state index contributed by atoms with van der Waals surface area (Å²) in [5, 5.41) is 0. The maximum absolute atomic E-state index is 10.9. The molecule has 0 saturated carbocycles. The van der Waals surface area contributed by atoms with Crippen molar-refractivity contribution in [3.05, 3.63) is 36.1 Å². The Morgan fingerprint density at radius 2 is 2.15 bits per heavy atom. The van der Waals surface area contributed by atoms with Crippen LogP contribution in [-0.2, 0) is 14.3 Å². The average molecular weight is 178 g/mol. The molecule has 1 heterocycles. The van der Waals surface area contributed by atoms with E-state index in [0.717, 1.165) is 5.76 Å². The fourth-order valence-electron chi connectivity index (χ4n) is 1.51. The molecule has 13 heavy (non-hydrogen) atoms. The van der Waals surface area contributed by atoms with Crippen LogP contribution >= 0.6 is 0 Å². The number of hydrogen-bond donors (Lipinski definition) is 0. The number of ketones is 1. The van der Waals surface area contributed by atoms with Crippen molar-refractivity contribution in [3.8, 4) is 0 Å². The van der Waals surface area contributed by atoms with Crippen LogP contribution in [0.2, 0.25) is 0 Å². The van der Waals surface area contributed by atoms with Crippen LogP contribution in [-0.4, -0.2) is 25.1 Å². The van der Waals surface area contributed by atoms with Crippen LogP contribution in [0.25, 0.3) is 0 Å². The van der Waals surface area contributed by atoms with Crippen molar-refractivity contribution in [2.75, 3.05) is 13.7 Å². The first kappa shape index (κ1) is 8.26. The van der Waals surface area contributed by atoms with E-state index >= 15 is 0 Å². The molecule has 3 nitrogen and oxygen atoms in total. The van der Waals surface area contributed by atoms with Crippen LogP contribution in [0.4, 0.5) is 0 Å². The van der Waals surface area contributed by atoms with Crippen molar-refractivity contribution in [1.29, 1.82) is 0 Å². The molecule has 0 N–H and O–H groups in total. The highest BCUT2D eigenvalue weighted by molar-refractivity contribution is 6.00. The Balaban J connectivity index is 2.32. The zero-order valence-corrected chi connectivity index (χ0v) is 7.32. The van der Waals surface area contributed by atoms with Crippen LogP contribution in [0.3, 0.4) is 0 Å². The summed E-state index contributed by atoms with van der Waals surface area (Å²) in [5.74, 6) is 0.726. The van der Waals surface area contributed by atoms with E-state index in [4.69, 9.17) is 9.47 Å². The normalized spacial score (nSPS) is 23.8. The molecule has 0 radical (unpaired) electrons. The highest BCUT2D eigenvalue weighted by Crippen LogP contribution is 2.32. The third kappa shape index (κ3) is 1.21. The number of carbonyl (C=O) groups is 1. The van der Waals surface area contributed by atoms with Gasteiger partial charge in [0, 0.05) is 0 Å². The lowest BCUT2D eigenvalue weighted by Gasteiger charge is -2.25. The molecule has 0 aromatic carbocycles. The molecular formula is C10H10O3. The second-order valence-electron chi connectivity index (χ2n) is 2.95. The Morgan fingerprint density at radius 3 is 2.77 bits per heavy atom. The van der Waals surface area contributed by atoms with Gasteiger partial charge in [0.25, 0.3) is 0 Å². The molecule has 0 bridgehead atoms. The van der Waals surface area contributed by atoms with Crippen molar-refractivity contribution in [1.82, 2.24) is 0 Å². The number of hydrogen-bond acceptors (Lipinski definition) is 3. The van der Waals surface area contributed by atoms with Gasteiger partial charge in [0.1, 0.15) is 5.76 Å². The van der Waals surface area contributed by atoms with Crippen LogP contribution in [0.1, 0.15) is 0 Å². The predicted molar refractivity (Wildman–Crippen MR) is 47.1 cm³/mol. The Bertz CT molecular complexity index is 307. The van der Waals surface area contributed by atoms with Gasteiger partial charge in [-0.25, -0.2) is 0 Å². The van der Waals surface area contributed by atoms with E-state index in [1.165, 1.54) is 12.2 Å². The molecule has 68 valence electrons. The van der Waals surface area contributed by atoms with E-state index in [2.05, 4.69) is 0 Å². The Kier molecular flexibility index (Phi) is 1.81. The summed E-state index contributed by atoms with van der Waals surface area (Å²) >= 11 is 0. The molecule has 0 aromatic heterocycles. The van der Waals surface area contributed by atoms with Crippen LogP contribution < -0.4 is 0 Å². The quantitative estimate of drug-likeness (QED) is 0.600. The van der Waals surface area contributed by atoms with Gasteiger partial charge < -0.3 is 9.47 Å². The van der Waals surface area contributed by atoms with Gasteiger partial charge in [0.05, 0.1) is 13.7 Å². The summed E-state index contributed by atoms with van der Waals surface area (Å²) in [6.45, 7) is 0.520. The monoisotopic (exact) mass is 178 g/mol. The highest BCUT2D eigenvalue weighted by Gasteiger charge is 2.36. The third-order valence-corrected chi connectivity index (χ3v) is 2.19. The molecule has 2 rings (SSSR count). The van der Waals surface area contributed by atoms with Crippen LogP contribution in [0.15, 0.2) is 36.1 Å². The first-order valence-corrected chi connectivity index (χ1v) is 4.08. The van der Waals surface area contributed by atoms with Crippen LogP contribution in [0, 0.1) is 0 Å². The number of methoxy groups -OCH3 is 1. The van der Waals surface area contributed by atoms with Crippen molar-refractivity contribution >= 4 is 5.78 Å². The van der Waals surface area contributed by atoms with Gasteiger partial charge in [-0.3, -0.25) is 4.79 Å². The zero-order valence-electron chi connectivity index (χ0n) is 7.32. The molecule has 1 aliphatic heterocycles. The van der Waals surface area contributed by atoms with E-state index in [-0.39, 0.29) is 5.78 Å². The van der Waals surface area contributed by atoms with Crippen molar-refractivity contribution in [3.63, 3.8) is 0 Å². The molecule has 0 fully saturated rings. The zero-order chi connectivity index (χ0) is 9.31. The molecule has 0 saturated heterocycles. The largest absolute Gasteiger partial charge is 0.498 e. The molecular weight excluding hydrogens is 168 g/mol. The van der Waals surface area contributed by atoms with E-state index in [1.807, 2.05) is 6.08 Å². The number of ether oxygens (including phenoxy) is 2. The van der Waals surface area contributed by atoms with Gasteiger partial charge in [-0.05, 0) is 30.4 Å². The number of allylic oxidation sites excluding steroid dienone is 2. The number of carbonyl (C=O) groups excluding carboxylic acids is 1. The van der Waals surface area contributed by atoms with Crippen molar-refractivity contribution < 1.29 is 14.3 Å². The molecule has 0 amide bonds. The minimum absolute atomic E-state index is 0.0171. The molecule has 2 aliphatic rings. The average Bonchev–Trinajstić information content (AvgIpc) is 2.54. The van der Waals surface area contributed by atoms with Gasteiger partial charge in [0.2, 0.25) is 0 Å². The predicted octanol–water partition coefficient (Wildman–Crippen LogP) is 0.981. The van der Waals surface area contributed by atoms with Gasteiger partial charge in [-0.1, -0.05) is 0 Å². The minimum atomic E-state index is -0.622. The summed E-state index contributed by atoms with van der Waals surface area (Å²) in [7, 11) is 1.60. The van der Waals surface area contributed by atoms with Gasteiger partial charge >= 0.3 is 0 Å². The first-order chi connectivity index (χ1) is 6.27. The number of rotatable bonds is 1. The fraction of sp³-hybridized carbons (Fsp3) is 0.300. The van der Waals surface area contributed by atoms with Gasteiger partial charge in [-0.2, -0.15) is 0 Å². The third-order valence-electron chi connectivity index (χ3n) is 2.19. The maximum Gasteiger partial charge on any atom is 0.178 e. The lowest BCUT2D eigenvalue weighted by atomic mass is 9.96. The van der Waals surface area contributed by atoms with E-state index in [1.54, 1.807) is 19.3 Å². The summed E-state index contributed by atoms with van der Waals surface area (Å²) in [5.41, 5.74) is -0.622. The Labute approximate surface area is 76.3 Å². The van der Waals surface area contributed by atoms with Gasteiger partial charge in [0.15, 0.2) is 11.4 Å². The lowest BCUT2D eigenvalue weighted by molar-refractivity contribution is -0.110. The summed E-state index contributed by atoms with van der Waals surface area (Å²) < 4.78 is 10.7. The molecule has 0 unspecified atom stereocenters. The maximum atomic E-state index is 10.9. The second-order valence-corrected chi connectivity index (χ2v) is 2.95. The molecule has 1 spiro atoms. The standard InChI is InChI=1S/C10H10O3/c1-12-9-4-7-13-10(9)5-2-8(11)3-6-10/h2-6H,7H2,1H3. The highest BCUT2D eigenvalue weighted by atomic mass is 16.5. The molecule has 0 aromatic rings. The summed E-state index contributed by atoms with van der Waals surface area (Å²) in [6, 6.07) is 0. The Morgan fingerprint density at radius 1 is 1.46 bits per heavy atom. The van der Waals surface area contributed by atoms with Crippen molar-refractivity contribution in [2.45, 2.75) is 5.60 Å². The Hall–Kier alpha value is -1.35. The van der Waals surface area contributed by atoms with E-state index in [0.29, 0.717) is 6.61 Å². The van der Waals surface area contributed by atoms with E-state index in [9.17, 15) is 4.79 Å².